The summed E-state index contributed by atoms with van der Waals surface area (Å²) < 4.78 is 0. The third-order valence-corrected chi connectivity index (χ3v) is 3.92. The van der Waals surface area contributed by atoms with E-state index >= 15 is 0 Å². The monoisotopic (exact) mass is 285 g/mol. The van der Waals surface area contributed by atoms with Gasteiger partial charge in [-0.3, -0.25) is 5.32 Å². The van der Waals surface area contributed by atoms with E-state index in [9.17, 15) is 14.7 Å². The molecule has 0 aliphatic heterocycles. The number of hydrogen-bond donors (Lipinski definition) is 4. The molecule has 0 fully saturated rings. The summed E-state index contributed by atoms with van der Waals surface area (Å²) in [6, 6.07) is -2.02. The average Bonchev–Trinajstić information content (AvgIpc) is 2.85. The quantitative estimate of drug-likeness (QED) is 0.647. The minimum atomic E-state index is -1.34. The molecule has 2 amide bonds. The van der Waals surface area contributed by atoms with Gasteiger partial charge in [0.1, 0.15) is 0 Å². The lowest BCUT2D eigenvalue weighted by molar-refractivity contribution is -0.141. The van der Waals surface area contributed by atoms with Crippen LogP contribution in [0.3, 0.4) is 0 Å². The van der Waals surface area contributed by atoms with Crippen LogP contribution in [0.4, 0.5) is 9.93 Å². The number of aryl methyl sites for hydroxylation is 2. The predicted octanol–water partition coefficient (Wildman–Crippen LogP) is 0.587. The summed E-state index contributed by atoms with van der Waals surface area (Å²) in [5.74, 6) is -1.29. The van der Waals surface area contributed by atoms with E-state index in [0.717, 1.165) is 25.0 Å². The number of aliphatic carboxylic acids is 1. The summed E-state index contributed by atoms with van der Waals surface area (Å²) in [4.78, 5) is 27.9. The lowest BCUT2D eigenvalue weighted by Crippen LogP contribution is -2.49. The van der Waals surface area contributed by atoms with Crippen LogP contribution in [0.1, 0.15) is 23.9 Å². The number of urea groups is 1. The summed E-state index contributed by atoms with van der Waals surface area (Å²) in [6.45, 7) is 1.30. The number of carboxylic acids is 1. The Morgan fingerprint density at radius 3 is 2.74 bits per heavy atom. The highest BCUT2D eigenvalue weighted by Gasteiger charge is 2.25. The van der Waals surface area contributed by atoms with Crippen molar-refractivity contribution in [1.29, 1.82) is 0 Å². The minimum absolute atomic E-state index is 0.455. The molecule has 0 saturated heterocycles. The molecule has 2 rings (SSSR count). The fraction of sp³-hybridized carbons (Fsp3) is 0.545. The molecule has 0 aromatic carbocycles. The van der Waals surface area contributed by atoms with Gasteiger partial charge < -0.3 is 15.5 Å². The van der Waals surface area contributed by atoms with Crippen molar-refractivity contribution in [3.8, 4) is 0 Å². The number of carboxylic acid groups (broad SMARTS) is 1. The first-order chi connectivity index (χ1) is 8.97. The third kappa shape index (κ3) is 3.21. The van der Waals surface area contributed by atoms with E-state index in [-0.39, 0.29) is 0 Å². The maximum absolute atomic E-state index is 11.6. The second-order valence-electron chi connectivity index (χ2n) is 4.40. The zero-order valence-electron chi connectivity index (χ0n) is 10.3. The Bertz CT molecular complexity index is 479. The van der Waals surface area contributed by atoms with Crippen molar-refractivity contribution in [2.45, 2.75) is 38.3 Å². The fourth-order valence-electron chi connectivity index (χ4n) is 1.91. The number of fused-ring (bicyclic) bond motifs is 1. The number of nitrogens with one attached hydrogen (secondary N) is 2. The van der Waals surface area contributed by atoms with Crippen LogP contribution in [0, 0.1) is 0 Å². The molecule has 0 saturated carbocycles. The molecule has 1 aliphatic rings. The van der Waals surface area contributed by atoms with Gasteiger partial charge in [0.25, 0.3) is 0 Å². The highest BCUT2D eigenvalue weighted by molar-refractivity contribution is 7.15. The van der Waals surface area contributed by atoms with Crippen molar-refractivity contribution in [3.63, 3.8) is 0 Å². The van der Waals surface area contributed by atoms with Gasteiger partial charge in [0.05, 0.1) is 11.8 Å². The van der Waals surface area contributed by atoms with Gasteiger partial charge >= 0.3 is 12.0 Å². The van der Waals surface area contributed by atoms with Gasteiger partial charge in [0.15, 0.2) is 11.2 Å². The number of anilines is 1. The first-order valence-corrected chi connectivity index (χ1v) is 6.76. The Labute approximate surface area is 113 Å². The number of rotatable bonds is 4. The first-order valence-electron chi connectivity index (χ1n) is 5.94. The highest BCUT2D eigenvalue weighted by atomic mass is 32.1. The number of nitrogens with zero attached hydrogens (tertiary/aromatic N) is 1. The predicted molar refractivity (Wildman–Crippen MR) is 69.4 cm³/mol. The lowest BCUT2D eigenvalue weighted by atomic mass is 10.2. The van der Waals surface area contributed by atoms with Crippen LogP contribution >= 0.6 is 11.3 Å². The third-order valence-electron chi connectivity index (χ3n) is 2.85. The van der Waals surface area contributed by atoms with Gasteiger partial charge in [0.2, 0.25) is 0 Å². The molecule has 2 unspecified atom stereocenters. The topological polar surface area (TPSA) is 112 Å². The number of carbonyl (C=O) groups is 2. The minimum Gasteiger partial charge on any atom is -0.480 e. The largest absolute Gasteiger partial charge is 0.480 e. The molecule has 1 heterocycles. The van der Waals surface area contributed by atoms with Crippen LogP contribution in [0.5, 0.6) is 0 Å². The molecule has 4 N–H and O–H groups in total. The van der Waals surface area contributed by atoms with Gasteiger partial charge in [-0.25, -0.2) is 14.6 Å². The van der Waals surface area contributed by atoms with E-state index in [2.05, 4.69) is 15.6 Å². The van der Waals surface area contributed by atoms with Crippen molar-refractivity contribution in [2.24, 2.45) is 0 Å². The second-order valence-corrected chi connectivity index (χ2v) is 5.48. The molecule has 0 bridgehead atoms. The lowest BCUT2D eigenvalue weighted by Gasteiger charge is -2.16. The van der Waals surface area contributed by atoms with Crippen molar-refractivity contribution in [3.05, 3.63) is 10.6 Å². The van der Waals surface area contributed by atoms with Crippen LogP contribution in [0.25, 0.3) is 0 Å². The number of thiazole rings is 1. The maximum Gasteiger partial charge on any atom is 0.328 e. The average molecular weight is 285 g/mol. The van der Waals surface area contributed by atoms with Gasteiger partial charge in [-0.2, -0.15) is 0 Å². The number of aliphatic hydroxyl groups excluding tert-OH is 1. The molecule has 7 nitrogen and oxygen atoms in total. The Morgan fingerprint density at radius 1 is 1.42 bits per heavy atom. The second kappa shape index (κ2) is 5.54. The van der Waals surface area contributed by atoms with Gasteiger partial charge in [-0.1, -0.05) is 0 Å². The van der Waals surface area contributed by atoms with Crippen molar-refractivity contribution in [1.82, 2.24) is 10.3 Å². The van der Waals surface area contributed by atoms with Gasteiger partial charge in [0, 0.05) is 4.88 Å². The van der Waals surface area contributed by atoms with E-state index in [4.69, 9.17) is 5.11 Å². The van der Waals surface area contributed by atoms with Crippen LogP contribution in [0.15, 0.2) is 0 Å². The number of aromatic nitrogens is 1. The molecular formula is C11H15N3O4S. The van der Waals surface area contributed by atoms with E-state index in [1.165, 1.54) is 23.1 Å². The summed E-state index contributed by atoms with van der Waals surface area (Å²) in [7, 11) is 0. The summed E-state index contributed by atoms with van der Waals surface area (Å²) in [6.07, 6.45) is 1.80. The Hall–Kier alpha value is -1.67. The Morgan fingerprint density at radius 2 is 2.16 bits per heavy atom. The molecule has 2 atom stereocenters. The zero-order chi connectivity index (χ0) is 14.0. The molecule has 8 heteroatoms. The molecule has 1 aromatic rings. The van der Waals surface area contributed by atoms with E-state index in [1.807, 2.05) is 0 Å². The van der Waals surface area contributed by atoms with E-state index in [1.54, 1.807) is 0 Å². The number of carbonyl (C=O) groups excluding carboxylic acids is 1. The molecule has 19 heavy (non-hydrogen) atoms. The SMILES string of the molecule is CC(O)C(NC(=O)Nc1nc2c(s1)CCC2)C(=O)O. The summed E-state index contributed by atoms with van der Waals surface area (Å²) in [5.41, 5.74) is 1.01. The summed E-state index contributed by atoms with van der Waals surface area (Å²) in [5, 5.41) is 23.2. The van der Waals surface area contributed by atoms with Crippen molar-refractivity contribution >= 4 is 28.5 Å². The smallest absolute Gasteiger partial charge is 0.328 e. The van der Waals surface area contributed by atoms with Gasteiger partial charge in [-0.05, 0) is 26.2 Å². The number of hydrogen-bond acceptors (Lipinski definition) is 5. The molecule has 1 aliphatic carbocycles. The molecule has 0 radical (unpaired) electrons. The first kappa shape index (κ1) is 13.8. The zero-order valence-corrected chi connectivity index (χ0v) is 11.2. The standard InChI is InChI=1S/C11H15N3O4S/c1-5(15)8(9(16)17)13-10(18)14-11-12-6-3-2-4-7(6)19-11/h5,8,15H,2-4H2,1H3,(H,16,17)(H2,12,13,14,18). The maximum atomic E-state index is 11.6. The van der Waals surface area contributed by atoms with Crippen molar-refractivity contribution in [2.75, 3.05) is 5.32 Å². The Balaban J connectivity index is 1.95. The fourth-order valence-corrected chi connectivity index (χ4v) is 2.95. The van der Waals surface area contributed by atoms with Crippen LogP contribution < -0.4 is 10.6 Å². The Kier molecular flexibility index (Phi) is 4.01. The van der Waals surface area contributed by atoms with E-state index in [0.29, 0.717) is 5.13 Å². The van der Waals surface area contributed by atoms with Crippen LogP contribution in [-0.2, 0) is 17.6 Å². The number of aliphatic hydroxyl groups is 1. The van der Waals surface area contributed by atoms with Crippen LogP contribution in [0.2, 0.25) is 0 Å². The summed E-state index contributed by atoms with van der Waals surface area (Å²) >= 11 is 1.40. The molecule has 1 aromatic heterocycles. The normalized spacial score (nSPS) is 16.5. The number of amides is 2. The van der Waals surface area contributed by atoms with Crippen molar-refractivity contribution < 1.29 is 19.8 Å². The van der Waals surface area contributed by atoms with Gasteiger partial charge in [-0.15, -0.1) is 11.3 Å². The highest BCUT2D eigenvalue weighted by Crippen LogP contribution is 2.30. The van der Waals surface area contributed by atoms with Crippen LogP contribution in [-0.4, -0.2) is 39.3 Å². The van der Waals surface area contributed by atoms with E-state index < -0.39 is 24.1 Å². The molecule has 104 valence electrons. The molecular weight excluding hydrogens is 270 g/mol. The molecule has 0 spiro atoms.